The SMILES string of the molecule is CCOC(=O)c1c(NC(=O)C(C)S(=O)(=O)c2cn(C)c3ccccc23)sc2c1CCC2. The normalized spacial score (nSPS) is 14.4. The smallest absolute Gasteiger partial charge is 0.341 e. The summed E-state index contributed by atoms with van der Waals surface area (Å²) in [5.41, 5.74) is 2.04. The van der Waals surface area contributed by atoms with Gasteiger partial charge in [0, 0.05) is 29.0 Å². The number of aromatic nitrogens is 1. The topological polar surface area (TPSA) is 94.5 Å². The number of nitrogens with one attached hydrogen (secondary N) is 1. The number of nitrogens with zero attached hydrogens (tertiary/aromatic N) is 1. The summed E-state index contributed by atoms with van der Waals surface area (Å²) in [5, 5.41) is 2.32. The van der Waals surface area contributed by atoms with Gasteiger partial charge in [-0.3, -0.25) is 4.79 Å². The first kappa shape index (κ1) is 21.6. The lowest BCUT2D eigenvalue weighted by Gasteiger charge is -2.13. The fourth-order valence-electron chi connectivity index (χ4n) is 3.99. The minimum absolute atomic E-state index is 0.118. The lowest BCUT2D eigenvalue weighted by atomic mass is 10.1. The van der Waals surface area contributed by atoms with E-state index in [0.717, 1.165) is 35.2 Å². The molecule has 0 bridgehead atoms. The monoisotopic (exact) mass is 460 g/mol. The van der Waals surface area contributed by atoms with Crippen LogP contribution in [-0.2, 0) is 39.3 Å². The first-order chi connectivity index (χ1) is 14.8. The molecule has 1 N–H and O–H groups in total. The molecular weight excluding hydrogens is 436 g/mol. The maximum Gasteiger partial charge on any atom is 0.341 e. The zero-order valence-corrected chi connectivity index (χ0v) is 19.2. The zero-order chi connectivity index (χ0) is 22.3. The van der Waals surface area contributed by atoms with Crippen LogP contribution in [0.2, 0.25) is 0 Å². The third-order valence-electron chi connectivity index (χ3n) is 5.64. The summed E-state index contributed by atoms with van der Waals surface area (Å²) in [6.45, 7) is 3.32. The molecule has 3 aromatic rings. The van der Waals surface area contributed by atoms with E-state index >= 15 is 0 Å². The van der Waals surface area contributed by atoms with E-state index in [9.17, 15) is 18.0 Å². The second kappa shape index (κ2) is 8.12. The van der Waals surface area contributed by atoms with E-state index in [4.69, 9.17) is 4.74 Å². The molecule has 7 nitrogen and oxygen atoms in total. The molecule has 1 unspecified atom stereocenters. The number of fused-ring (bicyclic) bond motifs is 2. The molecule has 4 rings (SSSR count). The van der Waals surface area contributed by atoms with Crippen molar-refractivity contribution in [3.8, 4) is 0 Å². The van der Waals surface area contributed by atoms with Crippen molar-refractivity contribution in [3.63, 3.8) is 0 Å². The maximum absolute atomic E-state index is 13.3. The molecule has 0 spiro atoms. The van der Waals surface area contributed by atoms with Gasteiger partial charge in [0.1, 0.15) is 10.3 Å². The van der Waals surface area contributed by atoms with Crippen molar-refractivity contribution in [2.45, 2.75) is 43.3 Å². The fraction of sp³-hybridized carbons (Fsp3) is 0.364. The molecule has 0 saturated carbocycles. The highest BCUT2D eigenvalue weighted by Gasteiger charge is 2.35. The Kier molecular flexibility index (Phi) is 5.65. The van der Waals surface area contributed by atoms with Crippen molar-refractivity contribution in [2.75, 3.05) is 11.9 Å². The number of carbonyl (C=O) groups is 2. The van der Waals surface area contributed by atoms with E-state index in [0.29, 0.717) is 16.0 Å². The molecule has 164 valence electrons. The number of rotatable bonds is 6. The fourth-order valence-corrected chi connectivity index (χ4v) is 6.77. The van der Waals surface area contributed by atoms with Crippen LogP contribution in [0.25, 0.3) is 10.9 Å². The summed E-state index contributed by atoms with van der Waals surface area (Å²) < 4.78 is 33.5. The summed E-state index contributed by atoms with van der Waals surface area (Å²) in [5.74, 6) is -1.15. The van der Waals surface area contributed by atoms with Crippen molar-refractivity contribution < 1.29 is 22.7 Å². The highest BCUT2D eigenvalue weighted by atomic mass is 32.2. The number of benzene rings is 1. The van der Waals surface area contributed by atoms with Gasteiger partial charge in [0.2, 0.25) is 5.91 Å². The summed E-state index contributed by atoms with van der Waals surface area (Å²) in [4.78, 5) is 26.7. The largest absolute Gasteiger partial charge is 0.462 e. The summed E-state index contributed by atoms with van der Waals surface area (Å²) >= 11 is 1.33. The Labute approximate surface area is 184 Å². The Balaban J connectivity index is 1.66. The number of para-hydroxylation sites is 1. The van der Waals surface area contributed by atoms with E-state index in [1.165, 1.54) is 24.5 Å². The standard InChI is InChI=1S/C22H24N2O5S2/c1-4-29-22(26)19-15-9-7-11-17(15)30-21(19)23-20(25)13(2)31(27,28)18-12-24(3)16-10-6-5-8-14(16)18/h5-6,8,10,12-13H,4,7,9,11H2,1-3H3,(H,23,25). The van der Waals surface area contributed by atoms with Crippen LogP contribution in [0.4, 0.5) is 5.00 Å². The molecule has 2 aromatic heterocycles. The number of thiophene rings is 1. The predicted octanol–water partition coefficient (Wildman–Crippen LogP) is 3.71. The molecule has 1 amide bonds. The van der Waals surface area contributed by atoms with Gasteiger partial charge in [0.15, 0.2) is 9.84 Å². The Morgan fingerprint density at radius 2 is 2.00 bits per heavy atom. The number of hydrogen-bond acceptors (Lipinski definition) is 6. The first-order valence-electron chi connectivity index (χ1n) is 10.2. The van der Waals surface area contributed by atoms with Crippen LogP contribution in [0, 0.1) is 0 Å². The number of ether oxygens (including phenoxy) is 1. The summed E-state index contributed by atoms with van der Waals surface area (Å²) in [6, 6.07) is 7.17. The van der Waals surface area contributed by atoms with E-state index in [-0.39, 0.29) is 11.5 Å². The van der Waals surface area contributed by atoms with Crippen LogP contribution in [0.5, 0.6) is 0 Å². The van der Waals surface area contributed by atoms with E-state index in [1.54, 1.807) is 30.7 Å². The summed E-state index contributed by atoms with van der Waals surface area (Å²) in [6.07, 6.45) is 4.08. The van der Waals surface area contributed by atoms with Gasteiger partial charge >= 0.3 is 5.97 Å². The van der Waals surface area contributed by atoms with Crippen LogP contribution in [0.15, 0.2) is 35.4 Å². The van der Waals surface area contributed by atoms with Gasteiger partial charge < -0.3 is 14.6 Å². The maximum atomic E-state index is 13.3. The molecule has 1 aromatic carbocycles. The molecule has 0 aliphatic heterocycles. The van der Waals surface area contributed by atoms with Crippen LogP contribution < -0.4 is 5.32 Å². The van der Waals surface area contributed by atoms with Gasteiger partial charge in [0.25, 0.3) is 0 Å². The number of carbonyl (C=O) groups excluding carboxylic acids is 2. The Bertz CT molecular complexity index is 1290. The van der Waals surface area contributed by atoms with Gasteiger partial charge in [-0.15, -0.1) is 11.3 Å². The molecule has 31 heavy (non-hydrogen) atoms. The average Bonchev–Trinajstić information content (AvgIpc) is 3.41. The third-order valence-corrected chi connectivity index (χ3v) is 8.93. The van der Waals surface area contributed by atoms with Crippen LogP contribution in [0.1, 0.15) is 41.1 Å². The van der Waals surface area contributed by atoms with Crippen LogP contribution in [-0.4, -0.2) is 36.7 Å². The number of hydrogen-bond donors (Lipinski definition) is 1. The highest BCUT2D eigenvalue weighted by Crippen LogP contribution is 2.40. The van der Waals surface area contributed by atoms with Crippen molar-refractivity contribution in [1.82, 2.24) is 4.57 Å². The molecular formula is C22H24N2O5S2. The lowest BCUT2D eigenvalue weighted by Crippen LogP contribution is -2.32. The number of sulfone groups is 1. The van der Waals surface area contributed by atoms with Gasteiger partial charge in [-0.05, 0) is 44.7 Å². The molecule has 2 heterocycles. The van der Waals surface area contributed by atoms with Crippen molar-refractivity contribution in [1.29, 1.82) is 0 Å². The Morgan fingerprint density at radius 3 is 2.74 bits per heavy atom. The second-order valence-electron chi connectivity index (χ2n) is 7.58. The first-order valence-corrected chi connectivity index (χ1v) is 12.5. The van der Waals surface area contributed by atoms with Gasteiger partial charge in [0.05, 0.1) is 17.1 Å². The minimum Gasteiger partial charge on any atom is -0.462 e. The minimum atomic E-state index is -3.95. The van der Waals surface area contributed by atoms with Gasteiger partial charge in [-0.2, -0.15) is 0 Å². The highest BCUT2D eigenvalue weighted by molar-refractivity contribution is 7.93. The van der Waals surface area contributed by atoms with Crippen molar-refractivity contribution in [3.05, 3.63) is 46.5 Å². The van der Waals surface area contributed by atoms with Gasteiger partial charge in [-0.1, -0.05) is 18.2 Å². The van der Waals surface area contributed by atoms with E-state index in [2.05, 4.69) is 5.32 Å². The molecule has 1 aliphatic carbocycles. The van der Waals surface area contributed by atoms with E-state index < -0.39 is 27.0 Å². The summed E-state index contributed by atoms with van der Waals surface area (Å²) in [7, 11) is -2.18. The van der Waals surface area contributed by atoms with Gasteiger partial charge in [-0.25, -0.2) is 13.2 Å². The zero-order valence-electron chi connectivity index (χ0n) is 17.6. The van der Waals surface area contributed by atoms with Crippen molar-refractivity contribution >= 4 is 49.0 Å². The third kappa shape index (κ3) is 3.65. The molecule has 0 fully saturated rings. The van der Waals surface area contributed by atoms with E-state index in [1.807, 2.05) is 12.1 Å². The molecule has 0 saturated heterocycles. The lowest BCUT2D eigenvalue weighted by molar-refractivity contribution is -0.115. The number of amides is 1. The quantitative estimate of drug-likeness (QED) is 0.566. The Morgan fingerprint density at radius 1 is 1.26 bits per heavy atom. The second-order valence-corrected chi connectivity index (χ2v) is 10.9. The molecule has 1 atom stereocenters. The Hall–Kier alpha value is -2.65. The number of aryl methyl sites for hydroxylation is 2. The number of esters is 1. The molecule has 9 heteroatoms. The molecule has 0 radical (unpaired) electrons. The molecule has 1 aliphatic rings. The van der Waals surface area contributed by atoms with Crippen molar-refractivity contribution in [2.24, 2.45) is 7.05 Å². The predicted molar refractivity (Wildman–Crippen MR) is 120 cm³/mol. The average molecular weight is 461 g/mol. The number of anilines is 1. The van der Waals surface area contributed by atoms with Crippen LogP contribution in [0.3, 0.4) is 0 Å². The van der Waals surface area contributed by atoms with Crippen LogP contribution >= 0.6 is 11.3 Å².